The Balaban J connectivity index is 2.51. The molecule has 2 heteroatoms. The molecule has 0 fully saturated rings. The Morgan fingerprint density at radius 2 is 1.71 bits per heavy atom. The maximum Gasteiger partial charge on any atom is 0.131 e. The number of nitrogens with two attached hydrogens (primary N) is 1. The normalized spacial score (nSPS) is 13.2. The molecular weight excluding hydrogens is 213 g/mol. The summed E-state index contributed by atoms with van der Waals surface area (Å²) in [6.45, 7) is 4.29. The summed E-state index contributed by atoms with van der Waals surface area (Å²) in [5.74, 6) is 0.356. The van der Waals surface area contributed by atoms with Crippen molar-refractivity contribution in [3.8, 4) is 0 Å². The van der Waals surface area contributed by atoms with E-state index in [0.717, 1.165) is 17.4 Å². The molecule has 0 aliphatic heterocycles. The van der Waals surface area contributed by atoms with Crippen LogP contribution in [0.3, 0.4) is 0 Å². The van der Waals surface area contributed by atoms with Crippen LogP contribution in [0.5, 0.6) is 0 Å². The van der Waals surface area contributed by atoms with Gasteiger partial charge in [-0.2, -0.15) is 0 Å². The van der Waals surface area contributed by atoms with Gasteiger partial charge in [0, 0.05) is 11.4 Å². The zero-order valence-corrected chi connectivity index (χ0v) is 10.3. The van der Waals surface area contributed by atoms with E-state index in [9.17, 15) is 4.39 Å². The van der Waals surface area contributed by atoms with E-state index in [1.54, 1.807) is 6.07 Å². The molecule has 0 spiro atoms. The Labute approximate surface area is 101 Å². The van der Waals surface area contributed by atoms with Crippen LogP contribution in [0, 0.1) is 11.7 Å². The fourth-order valence-corrected chi connectivity index (χ4v) is 2.24. The van der Waals surface area contributed by atoms with Crippen molar-refractivity contribution in [3.63, 3.8) is 0 Å². The lowest BCUT2D eigenvalue weighted by Crippen LogP contribution is -2.13. The van der Waals surface area contributed by atoms with Crippen molar-refractivity contribution in [1.29, 1.82) is 0 Å². The lowest BCUT2D eigenvalue weighted by molar-refractivity contribution is 0.511. The van der Waals surface area contributed by atoms with Crippen molar-refractivity contribution in [2.75, 3.05) is 0 Å². The van der Waals surface area contributed by atoms with Gasteiger partial charge in [0.15, 0.2) is 0 Å². The van der Waals surface area contributed by atoms with Gasteiger partial charge >= 0.3 is 0 Å². The highest BCUT2D eigenvalue weighted by Crippen LogP contribution is 2.28. The van der Waals surface area contributed by atoms with E-state index in [-0.39, 0.29) is 11.9 Å². The zero-order valence-electron chi connectivity index (χ0n) is 10.3. The van der Waals surface area contributed by atoms with Crippen molar-refractivity contribution in [3.05, 3.63) is 47.8 Å². The van der Waals surface area contributed by atoms with Crippen molar-refractivity contribution in [1.82, 2.24) is 0 Å². The maximum absolute atomic E-state index is 13.7. The van der Waals surface area contributed by atoms with E-state index >= 15 is 0 Å². The van der Waals surface area contributed by atoms with Crippen molar-refractivity contribution >= 4 is 10.8 Å². The van der Waals surface area contributed by atoms with E-state index < -0.39 is 0 Å². The molecule has 2 N–H and O–H groups in total. The Kier molecular flexibility index (Phi) is 3.43. The van der Waals surface area contributed by atoms with Gasteiger partial charge in [0.1, 0.15) is 5.82 Å². The van der Waals surface area contributed by atoms with Crippen LogP contribution in [0.2, 0.25) is 0 Å². The molecule has 0 radical (unpaired) electrons. The first-order valence-corrected chi connectivity index (χ1v) is 6.02. The third kappa shape index (κ3) is 2.47. The van der Waals surface area contributed by atoms with Gasteiger partial charge < -0.3 is 5.73 Å². The Morgan fingerprint density at radius 3 is 2.35 bits per heavy atom. The molecule has 0 aromatic heterocycles. The lowest BCUT2D eigenvalue weighted by Gasteiger charge is -2.17. The molecule has 0 aliphatic carbocycles. The molecule has 2 aromatic carbocycles. The molecule has 2 aromatic rings. The second-order valence-electron chi connectivity index (χ2n) is 4.92. The topological polar surface area (TPSA) is 26.0 Å². The third-order valence-electron chi connectivity index (χ3n) is 3.03. The Bertz CT molecular complexity index is 519. The van der Waals surface area contributed by atoms with E-state index in [0.29, 0.717) is 11.3 Å². The highest BCUT2D eigenvalue weighted by atomic mass is 19.1. The van der Waals surface area contributed by atoms with Gasteiger partial charge in [-0.05, 0) is 29.4 Å². The summed E-state index contributed by atoms with van der Waals surface area (Å²) >= 11 is 0. The Morgan fingerprint density at radius 1 is 1.06 bits per heavy atom. The fraction of sp³-hybridized carbons (Fsp3) is 0.333. The standard InChI is InChI=1S/C15H18FN/c1-10(2)9-15(17)13-7-8-14(16)12-6-4-3-5-11(12)13/h3-8,10,15H,9,17H2,1-2H3. The monoisotopic (exact) mass is 231 g/mol. The zero-order chi connectivity index (χ0) is 12.4. The number of benzene rings is 2. The van der Waals surface area contributed by atoms with Crippen LogP contribution in [-0.4, -0.2) is 0 Å². The van der Waals surface area contributed by atoms with Gasteiger partial charge in [0.2, 0.25) is 0 Å². The predicted molar refractivity (Wildman–Crippen MR) is 70.3 cm³/mol. The molecule has 1 unspecified atom stereocenters. The minimum Gasteiger partial charge on any atom is -0.324 e. The minimum atomic E-state index is -0.180. The van der Waals surface area contributed by atoms with E-state index in [2.05, 4.69) is 13.8 Å². The van der Waals surface area contributed by atoms with Gasteiger partial charge in [-0.1, -0.05) is 44.2 Å². The van der Waals surface area contributed by atoms with Crippen LogP contribution in [0.15, 0.2) is 36.4 Å². The largest absolute Gasteiger partial charge is 0.324 e. The number of halogens is 1. The van der Waals surface area contributed by atoms with Gasteiger partial charge in [-0.3, -0.25) is 0 Å². The summed E-state index contributed by atoms with van der Waals surface area (Å²) in [5.41, 5.74) is 7.23. The molecule has 0 saturated heterocycles. The van der Waals surface area contributed by atoms with Crippen LogP contribution >= 0.6 is 0 Å². The van der Waals surface area contributed by atoms with Crippen molar-refractivity contribution in [2.24, 2.45) is 11.7 Å². The number of hydrogen-bond acceptors (Lipinski definition) is 1. The minimum absolute atomic E-state index is 0.0273. The average Bonchev–Trinajstić information content (AvgIpc) is 2.29. The summed E-state index contributed by atoms with van der Waals surface area (Å²) in [6, 6.07) is 10.8. The van der Waals surface area contributed by atoms with Gasteiger partial charge in [-0.15, -0.1) is 0 Å². The highest BCUT2D eigenvalue weighted by molar-refractivity contribution is 5.86. The molecular formula is C15H18FN. The van der Waals surface area contributed by atoms with Gasteiger partial charge in [-0.25, -0.2) is 4.39 Å². The van der Waals surface area contributed by atoms with Crippen LogP contribution in [0.25, 0.3) is 10.8 Å². The number of rotatable bonds is 3. The first-order chi connectivity index (χ1) is 8.09. The van der Waals surface area contributed by atoms with E-state index in [4.69, 9.17) is 5.73 Å². The predicted octanol–water partition coefficient (Wildman–Crippen LogP) is 4.02. The molecule has 90 valence electrons. The van der Waals surface area contributed by atoms with Crippen molar-refractivity contribution < 1.29 is 4.39 Å². The van der Waals surface area contributed by atoms with Crippen LogP contribution < -0.4 is 5.73 Å². The summed E-state index contributed by atoms with van der Waals surface area (Å²) in [7, 11) is 0. The first-order valence-electron chi connectivity index (χ1n) is 6.02. The second kappa shape index (κ2) is 4.84. The van der Waals surface area contributed by atoms with Crippen molar-refractivity contribution in [2.45, 2.75) is 26.3 Å². The molecule has 2 rings (SSSR count). The first kappa shape index (κ1) is 12.1. The fourth-order valence-electron chi connectivity index (χ4n) is 2.24. The van der Waals surface area contributed by atoms with E-state index in [1.807, 2.05) is 24.3 Å². The molecule has 0 bridgehead atoms. The smallest absolute Gasteiger partial charge is 0.131 e. The summed E-state index contributed by atoms with van der Waals surface area (Å²) in [4.78, 5) is 0. The van der Waals surface area contributed by atoms with E-state index in [1.165, 1.54) is 6.07 Å². The third-order valence-corrected chi connectivity index (χ3v) is 3.03. The van der Waals surface area contributed by atoms with Crippen LogP contribution in [-0.2, 0) is 0 Å². The summed E-state index contributed by atoms with van der Waals surface area (Å²) < 4.78 is 13.7. The average molecular weight is 231 g/mol. The maximum atomic E-state index is 13.7. The number of fused-ring (bicyclic) bond motifs is 1. The summed E-state index contributed by atoms with van der Waals surface area (Å²) in [5, 5.41) is 1.59. The molecule has 1 atom stereocenters. The molecule has 0 heterocycles. The highest BCUT2D eigenvalue weighted by Gasteiger charge is 2.13. The van der Waals surface area contributed by atoms with Crippen LogP contribution in [0.4, 0.5) is 4.39 Å². The Hall–Kier alpha value is -1.41. The quantitative estimate of drug-likeness (QED) is 0.848. The summed E-state index contributed by atoms with van der Waals surface area (Å²) in [6.07, 6.45) is 0.912. The number of hydrogen-bond donors (Lipinski definition) is 1. The second-order valence-corrected chi connectivity index (χ2v) is 4.92. The van der Waals surface area contributed by atoms with Gasteiger partial charge in [0.05, 0.1) is 0 Å². The molecule has 17 heavy (non-hydrogen) atoms. The molecule has 0 saturated carbocycles. The van der Waals surface area contributed by atoms with Gasteiger partial charge in [0.25, 0.3) is 0 Å². The van der Waals surface area contributed by atoms with Crippen LogP contribution in [0.1, 0.15) is 31.9 Å². The molecule has 1 nitrogen and oxygen atoms in total. The molecule has 0 amide bonds. The SMILES string of the molecule is CC(C)CC(N)c1ccc(F)c2ccccc12. The lowest BCUT2D eigenvalue weighted by atomic mass is 9.93. The molecule has 0 aliphatic rings.